The van der Waals surface area contributed by atoms with E-state index in [1.165, 1.54) is 30.6 Å². The molecule has 1 aliphatic rings. The molecule has 0 aliphatic heterocycles. The number of carbonyl (C=O) groups excluding carboxylic acids is 1. The first-order chi connectivity index (χ1) is 9.79. The number of para-hydroxylation sites is 1. The highest BCUT2D eigenvalue weighted by atomic mass is 35.5. The van der Waals surface area contributed by atoms with E-state index in [-0.39, 0.29) is 18.3 Å². The maximum absolute atomic E-state index is 11.9. The number of benzene rings is 1. The van der Waals surface area contributed by atoms with Crippen molar-refractivity contribution in [1.82, 2.24) is 5.32 Å². The SMILES string of the molecule is CNCCCC(=O)Nc1ccccc1SC1CCCC1.Cl. The predicted molar refractivity (Wildman–Crippen MR) is 93.6 cm³/mol. The van der Waals surface area contributed by atoms with E-state index in [4.69, 9.17) is 0 Å². The first-order valence-electron chi connectivity index (χ1n) is 7.49. The molecule has 1 saturated carbocycles. The summed E-state index contributed by atoms with van der Waals surface area (Å²) in [5.41, 5.74) is 0.971. The molecule has 0 saturated heterocycles. The van der Waals surface area contributed by atoms with Gasteiger partial charge in [0.25, 0.3) is 0 Å². The second-order valence-corrected chi connectivity index (χ2v) is 6.62. The van der Waals surface area contributed by atoms with E-state index in [9.17, 15) is 4.79 Å². The molecule has 0 aromatic heterocycles. The quantitative estimate of drug-likeness (QED) is 0.741. The second kappa shape index (κ2) is 10.1. The van der Waals surface area contributed by atoms with Crippen LogP contribution in [0.3, 0.4) is 0 Å². The average Bonchev–Trinajstić information content (AvgIpc) is 2.94. The number of rotatable bonds is 7. The molecule has 0 heterocycles. The minimum absolute atomic E-state index is 0. The van der Waals surface area contributed by atoms with Gasteiger partial charge < -0.3 is 10.6 Å². The highest BCUT2D eigenvalue weighted by molar-refractivity contribution is 8.00. The van der Waals surface area contributed by atoms with Gasteiger partial charge >= 0.3 is 0 Å². The molecule has 2 rings (SSSR count). The van der Waals surface area contributed by atoms with E-state index < -0.39 is 0 Å². The highest BCUT2D eigenvalue weighted by Gasteiger charge is 2.17. The van der Waals surface area contributed by atoms with Crippen LogP contribution in [-0.2, 0) is 4.79 Å². The van der Waals surface area contributed by atoms with Gasteiger partial charge in [0.15, 0.2) is 0 Å². The Hall–Kier alpha value is -0.710. The van der Waals surface area contributed by atoms with Crippen LogP contribution in [0, 0.1) is 0 Å². The van der Waals surface area contributed by atoms with Crippen molar-refractivity contribution in [3.63, 3.8) is 0 Å². The number of hydrogen-bond acceptors (Lipinski definition) is 3. The van der Waals surface area contributed by atoms with Gasteiger partial charge in [-0.1, -0.05) is 25.0 Å². The second-order valence-electron chi connectivity index (χ2n) is 5.28. The molecular formula is C16H25ClN2OS. The van der Waals surface area contributed by atoms with E-state index in [0.29, 0.717) is 6.42 Å². The average molecular weight is 329 g/mol. The molecule has 1 aromatic rings. The van der Waals surface area contributed by atoms with Crippen LogP contribution in [0.4, 0.5) is 5.69 Å². The molecule has 1 amide bonds. The lowest BCUT2D eigenvalue weighted by Gasteiger charge is -2.14. The van der Waals surface area contributed by atoms with Gasteiger partial charge in [0.1, 0.15) is 0 Å². The summed E-state index contributed by atoms with van der Waals surface area (Å²) in [6, 6.07) is 8.16. The van der Waals surface area contributed by atoms with Gasteiger partial charge in [-0.3, -0.25) is 4.79 Å². The van der Waals surface area contributed by atoms with Crippen molar-refractivity contribution in [1.29, 1.82) is 0 Å². The summed E-state index contributed by atoms with van der Waals surface area (Å²) < 4.78 is 0. The zero-order chi connectivity index (χ0) is 14.2. The fourth-order valence-electron chi connectivity index (χ4n) is 2.50. The zero-order valence-corrected chi connectivity index (χ0v) is 14.2. The van der Waals surface area contributed by atoms with Crippen molar-refractivity contribution in [2.75, 3.05) is 18.9 Å². The minimum atomic E-state index is 0. The summed E-state index contributed by atoms with van der Waals surface area (Å²) >= 11 is 1.92. The summed E-state index contributed by atoms with van der Waals surface area (Å²) in [5, 5.41) is 6.84. The van der Waals surface area contributed by atoms with E-state index >= 15 is 0 Å². The lowest BCUT2D eigenvalue weighted by molar-refractivity contribution is -0.116. The largest absolute Gasteiger partial charge is 0.325 e. The Labute approximate surface area is 138 Å². The van der Waals surface area contributed by atoms with Crippen molar-refractivity contribution in [3.8, 4) is 0 Å². The van der Waals surface area contributed by atoms with Gasteiger partial charge in [-0.15, -0.1) is 24.2 Å². The van der Waals surface area contributed by atoms with Gasteiger partial charge in [0, 0.05) is 16.6 Å². The maximum atomic E-state index is 11.9. The smallest absolute Gasteiger partial charge is 0.224 e. The summed E-state index contributed by atoms with van der Waals surface area (Å²) in [6.07, 6.45) is 6.74. The fraction of sp³-hybridized carbons (Fsp3) is 0.562. The van der Waals surface area contributed by atoms with E-state index in [1.807, 2.05) is 37.0 Å². The Morgan fingerprint density at radius 2 is 2.00 bits per heavy atom. The third-order valence-electron chi connectivity index (χ3n) is 3.59. The Balaban J connectivity index is 0.00000220. The number of thioether (sulfide) groups is 1. The molecule has 1 aromatic carbocycles. The summed E-state index contributed by atoms with van der Waals surface area (Å²) in [7, 11) is 1.91. The van der Waals surface area contributed by atoms with Crippen LogP contribution in [0.25, 0.3) is 0 Å². The maximum Gasteiger partial charge on any atom is 0.224 e. The van der Waals surface area contributed by atoms with Gasteiger partial charge in [0.05, 0.1) is 5.69 Å². The molecule has 0 atom stereocenters. The van der Waals surface area contributed by atoms with Crippen molar-refractivity contribution in [2.45, 2.75) is 48.7 Å². The van der Waals surface area contributed by atoms with Crippen molar-refractivity contribution < 1.29 is 4.79 Å². The van der Waals surface area contributed by atoms with Gasteiger partial charge in [-0.2, -0.15) is 0 Å². The predicted octanol–water partition coefficient (Wildman–Crippen LogP) is 4.08. The molecule has 118 valence electrons. The monoisotopic (exact) mass is 328 g/mol. The summed E-state index contributed by atoms with van der Waals surface area (Å²) in [4.78, 5) is 13.1. The third kappa shape index (κ3) is 6.29. The van der Waals surface area contributed by atoms with Crippen LogP contribution in [0.2, 0.25) is 0 Å². The molecule has 3 nitrogen and oxygen atoms in total. The molecule has 2 N–H and O–H groups in total. The molecular weight excluding hydrogens is 304 g/mol. The Morgan fingerprint density at radius 3 is 2.71 bits per heavy atom. The molecule has 21 heavy (non-hydrogen) atoms. The molecule has 1 aliphatic carbocycles. The van der Waals surface area contributed by atoms with Crippen LogP contribution >= 0.6 is 24.2 Å². The normalized spacial score (nSPS) is 14.7. The van der Waals surface area contributed by atoms with Crippen LogP contribution in [0.1, 0.15) is 38.5 Å². The van der Waals surface area contributed by atoms with Crippen LogP contribution in [0.15, 0.2) is 29.2 Å². The number of amides is 1. The van der Waals surface area contributed by atoms with Crippen LogP contribution in [0.5, 0.6) is 0 Å². The van der Waals surface area contributed by atoms with E-state index in [1.54, 1.807) is 0 Å². The fourth-order valence-corrected chi connectivity index (χ4v) is 3.83. The molecule has 0 unspecified atom stereocenters. The molecule has 1 fully saturated rings. The lowest BCUT2D eigenvalue weighted by Crippen LogP contribution is -2.15. The van der Waals surface area contributed by atoms with E-state index in [0.717, 1.165) is 23.9 Å². The number of halogens is 1. The number of carbonyl (C=O) groups is 1. The first-order valence-corrected chi connectivity index (χ1v) is 8.37. The summed E-state index contributed by atoms with van der Waals surface area (Å²) in [6.45, 7) is 0.881. The van der Waals surface area contributed by atoms with Crippen LogP contribution < -0.4 is 10.6 Å². The van der Waals surface area contributed by atoms with Crippen LogP contribution in [-0.4, -0.2) is 24.7 Å². The van der Waals surface area contributed by atoms with Gasteiger partial charge in [0.2, 0.25) is 5.91 Å². The summed E-state index contributed by atoms with van der Waals surface area (Å²) in [5.74, 6) is 0.111. The van der Waals surface area contributed by atoms with Gasteiger partial charge in [-0.25, -0.2) is 0 Å². The number of hydrogen-bond donors (Lipinski definition) is 2. The van der Waals surface area contributed by atoms with Crippen molar-refractivity contribution >= 4 is 35.8 Å². The number of anilines is 1. The first kappa shape index (κ1) is 18.3. The third-order valence-corrected chi connectivity index (χ3v) is 5.00. The minimum Gasteiger partial charge on any atom is -0.325 e. The van der Waals surface area contributed by atoms with Crippen molar-refractivity contribution in [2.24, 2.45) is 0 Å². The standard InChI is InChI=1S/C16H24N2OS.ClH/c1-17-12-6-11-16(19)18-14-9-4-5-10-15(14)20-13-7-2-3-8-13;/h4-5,9-10,13,17H,2-3,6-8,11-12H2,1H3,(H,18,19);1H. The molecule has 0 radical (unpaired) electrons. The number of nitrogens with one attached hydrogen (secondary N) is 2. The van der Waals surface area contributed by atoms with Crippen molar-refractivity contribution in [3.05, 3.63) is 24.3 Å². The Kier molecular flexibility index (Phi) is 8.81. The van der Waals surface area contributed by atoms with Gasteiger partial charge in [-0.05, 0) is 45.0 Å². The Morgan fingerprint density at radius 1 is 1.29 bits per heavy atom. The highest BCUT2D eigenvalue weighted by Crippen LogP contribution is 2.37. The zero-order valence-electron chi connectivity index (χ0n) is 12.6. The molecule has 0 spiro atoms. The lowest BCUT2D eigenvalue weighted by atomic mass is 10.2. The van der Waals surface area contributed by atoms with E-state index in [2.05, 4.69) is 16.7 Å². The Bertz CT molecular complexity index is 436. The topological polar surface area (TPSA) is 41.1 Å². The molecule has 5 heteroatoms. The molecule has 0 bridgehead atoms.